The standard InChI is InChI=1S/C10H20N2/c1-5-10(4,7-12)9(3)8(2)6-11/h6-9,11-12H,5H2,1-4H3/t8?,9-,10-/m1/s1. The van der Waals surface area contributed by atoms with Gasteiger partial charge >= 0.3 is 0 Å². The second-order valence-electron chi connectivity index (χ2n) is 3.82. The molecule has 1 unspecified atom stereocenters. The Kier molecular flexibility index (Phi) is 4.15. The molecule has 0 rings (SSSR count). The zero-order valence-electron chi connectivity index (χ0n) is 8.52. The van der Waals surface area contributed by atoms with Crippen LogP contribution in [0.5, 0.6) is 0 Å². The summed E-state index contributed by atoms with van der Waals surface area (Å²) in [5.41, 5.74) is -0.0447. The van der Waals surface area contributed by atoms with E-state index in [4.69, 9.17) is 10.8 Å². The summed E-state index contributed by atoms with van der Waals surface area (Å²) in [4.78, 5) is 0. The molecule has 0 fully saturated rings. The summed E-state index contributed by atoms with van der Waals surface area (Å²) >= 11 is 0. The van der Waals surface area contributed by atoms with Crippen LogP contribution in [0.1, 0.15) is 34.1 Å². The van der Waals surface area contributed by atoms with Gasteiger partial charge in [0, 0.05) is 11.6 Å². The summed E-state index contributed by atoms with van der Waals surface area (Å²) in [6, 6.07) is 0. The van der Waals surface area contributed by atoms with Crippen LogP contribution in [0.2, 0.25) is 0 Å². The van der Waals surface area contributed by atoms with Gasteiger partial charge in [-0.05, 0) is 24.5 Å². The van der Waals surface area contributed by atoms with Crippen molar-refractivity contribution in [1.29, 1.82) is 10.8 Å². The minimum atomic E-state index is -0.0447. The van der Waals surface area contributed by atoms with Crippen molar-refractivity contribution in [1.82, 2.24) is 0 Å². The summed E-state index contributed by atoms with van der Waals surface area (Å²) in [5.74, 6) is 0.633. The first-order valence-corrected chi connectivity index (χ1v) is 4.54. The van der Waals surface area contributed by atoms with E-state index < -0.39 is 0 Å². The molecule has 0 spiro atoms. The third kappa shape index (κ3) is 2.16. The molecular weight excluding hydrogens is 148 g/mol. The molecule has 2 N–H and O–H groups in total. The van der Waals surface area contributed by atoms with Gasteiger partial charge in [-0.1, -0.05) is 27.7 Å². The van der Waals surface area contributed by atoms with Crippen LogP contribution in [-0.4, -0.2) is 12.4 Å². The Hall–Kier alpha value is -0.660. The molecule has 2 heteroatoms. The fourth-order valence-corrected chi connectivity index (χ4v) is 1.30. The Morgan fingerprint density at radius 1 is 1.33 bits per heavy atom. The third-order valence-corrected chi connectivity index (χ3v) is 3.18. The van der Waals surface area contributed by atoms with Crippen molar-refractivity contribution >= 4 is 12.4 Å². The average molecular weight is 168 g/mol. The highest BCUT2D eigenvalue weighted by molar-refractivity contribution is 5.65. The molecule has 0 heterocycles. The molecule has 0 saturated carbocycles. The SMILES string of the molecule is CC[C@](C)(C=N)[C@H](C)C(C)C=N. The highest BCUT2D eigenvalue weighted by Crippen LogP contribution is 2.33. The molecule has 0 aromatic rings. The average Bonchev–Trinajstić information content (AvgIpc) is 2.14. The predicted molar refractivity (Wildman–Crippen MR) is 54.3 cm³/mol. The van der Waals surface area contributed by atoms with E-state index in [1.165, 1.54) is 12.4 Å². The minimum absolute atomic E-state index is 0.0447. The van der Waals surface area contributed by atoms with Crippen LogP contribution in [0, 0.1) is 28.1 Å². The molecule has 70 valence electrons. The summed E-state index contributed by atoms with van der Waals surface area (Å²) in [6.07, 6.45) is 3.97. The number of rotatable bonds is 5. The van der Waals surface area contributed by atoms with Gasteiger partial charge in [-0.15, -0.1) is 0 Å². The van der Waals surface area contributed by atoms with Crippen LogP contribution in [0.25, 0.3) is 0 Å². The molecule has 0 aliphatic heterocycles. The minimum Gasteiger partial charge on any atom is -0.313 e. The van der Waals surface area contributed by atoms with Gasteiger partial charge in [0.05, 0.1) is 0 Å². The zero-order valence-corrected chi connectivity index (χ0v) is 8.52. The summed E-state index contributed by atoms with van der Waals surface area (Å²) < 4.78 is 0. The lowest BCUT2D eigenvalue weighted by Gasteiger charge is -2.33. The fraction of sp³-hybridized carbons (Fsp3) is 0.800. The quantitative estimate of drug-likeness (QED) is 0.593. The smallest absolute Gasteiger partial charge is 0.00503 e. The summed E-state index contributed by atoms with van der Waals surface area (Å²) in [7, 11) is 0. The van der Waals surface area contributed by atoms with Crippen molar-refractivity contribution in [2.45, 2.75) is 34.1 Å². The maximum atomic E-state index is 7.36. The van der Waals surface area contributed by atoms with Crippen LogP contribution in [0.3, 0.4) is 0 Å². The molecular formula is C10H20N2. The Bertz CT molecular complexity index is 165. The number of hydrogen-bond donors (Lipinski definition) is 2. The molecule has 0 bridgehead atoms. The van der Waals surface area contributed by atoms with Gasteiger partial charge in [-0.2, -0.15) is 0 Å². The molecule has 0 aliphatic carbocycles. The zero-order chi connectivity index (χ0) is 9.78. The molecule has 0 radical (unpaired) electrons. The summed E-state index contributed by atoms with van der Waals surface area (Å²) in [6.45, 7) is 8.34. The first kappa shape index (κ1) is 11.3. The molecule has 0 aliphatic rings. The van der Waals surface area contributed by atoms with Crippen molar-refractivity contribution in [3.05, 3.63) is 0 Å². The van der Waals surface area contributed by atoms with E-state index in [0.717, 1.165) is 6.42 Å². The van der Waals surface area contributed by atoms with Gasteiger partial charge in [-0.3, -0.25) is 0 Å². The largest absolute Gasteiger partial charge is 0.313 e. The lowest BCUT2D eigenvalue weighted by Crippen LogP contribution is -2.31. The van der Waals surface area contributed by atoms with E-state index in [1.54, 1.807) is 0 Å². The normalized spacial score (nSPS) is 20.7. The van der Waals surface area contributed by atoms with E-state index in [1.807, 2.05) is 6.92 Å². The second-order valence-corrected chi connectivity index (χ2v) is 3.82. The first-order valence-electron chi connectivity index (χ1n) is 4.54. The number of hydrogen-bond acceptors (Lipinski definition) is 2. The Balaban J connectivity index is 4.50. The van der Waals surface area contributed by atoms with Crippen molar-refractivity contribution in [2.75, 3.05) is 0 Å². The van der Waals surface area contributed by atoms with E-state index in [9.17, 15) is 0 Å². The van der Waals surface area contributed by atoms with E-state index in [-0.39, 0.29) is 11.3 Å². The monoisotopic (exact) mass is 168 g/mol. The van der Waals surface area contributed by atoms with E-state index in [0.29, 0.717) is 5.92 Å². The molecule has 0 aromatic carbocycles. The van der Waals surface area contributed by atoms with E-state index in [2.05, 4.69) is 20.8 Å². The fourth-order valence-electron chi connectivity index (χ4n) is 1.30. The van der Waals surface area contributed by atoms with Crippen molar-refractivity contribution in [3.63, 3.8) is 0 Å². The van der Waals surface area contributed by atoms with Crippen molar-refractivity contribution in [2.24, 2.45) is 17.3 Å². The topological polar surface area (TPSA) is 47.7 Å². The van der Waals surface area contributed by atoms with Crippen LogP contribution in [0.15, 0.2) is 0 Å². The van der Waals surface area contributed by atoms with Crippen LogP contribution in [0.4, 0.5) is 0 Å². The lowest BCUT2D eigenvalue weighted by atomic mass is 9.71. The first-order chi connectivity index (χ1) is 5.51. The van der Waals surface area contributed by atoms with E-state index >= 15 is 0 Å². The molecule has 0 aromatic heterocycles. The van der Waals surface area contributed by atoms with Crippen molar-refractivity contribution < 1.29 is 0 Å². The lowest BCUT2D eigenvalue weighted by molar-refractivity contribution is 0.262. The summed E-state index contributed by atoms with van der Waals surface area (Å²) in [5, 5.41) is 14.5. The Morgan fingerprint density at radius 2 is 1.83 bits per heavy atom. The Morgan fingerprint density at radius 3 is 2.08 bits per heavy atom. The van der Waals surface area contributed by atoms with Gasteiger partial charge in [0.25, 0.3) is 0 Å². The maximum Gasteiger partial charge on any atom is 0.00503 e. The second kappa shape index (κ2) is 4.39. The molecule has 2 nitrogen and oxygen atoms in total. The highest BCUT2D eigenvalue weighted by atomic mass is 14.5. The highest BCUT2D eigenvalue weighted by Gasteiger charge is 2.29. The van der Waals surface area contributed by atoms with Gasteiger partial charge in [0.15, 0.2) is 0 Å². The van der Waals surface area contributed by atoms with Crippen molar-refractivity contribution in [3.8, 4) is 0 Å². The Labute approximate surface area is 75.4 Å². The molecule has 12 heavy (non-hydrogen) atoms. The van der Waals surface area contributed by atoms with Gasteiger partial charge in [-0.25, -0.2) is 0 Å². The van der Waals surface area contributed by atoms with Crippen LogP contribution >= 0.6 is 0 Å². The van der Waals surface area contributed by atoms with Crippen LogP contribution < -0.4 is 0 Å². The predicted octanol–water partition coefficient (Wildman–Crippen LogP) is 2.97. The van der Waals surface area contributed by atoms with Gasteiger partial charge in [0.2, 0.25) is 0 Å². The number of nitrogens with one attached hydrogen (secondary N) is 2. The molecule has 3 atom stereocenters. The van der Waals surface area contributed by atoms with Gasteiger partial charge < -0.3 is 10.8 Å². The molecule has 0 saturated heterocycles. The van der Waals surface area contributed by atoms with Gasteiger partial charge in [0.1, 0.15) is 0 Å². The van der Waals surface area contributed by atoms with Crippen LogP contribution in [-0.2, 0) is 0 Å². The molecule has 0 amide bonds. The third-order valence-electron chi connectivity index (χ3n) is 3.18. The maximum absolute atomic E-state index is 7.36.